The lowest BCUT2D eigenvalue weighted by atomic mass is 10.0. The van der Waals surface area contributed by atoms with Crippen LogP contribution < -0.4 is 16.4 Å². The van der Waals surface area contributed by atoms with Crippen molar-refractivity contribution in [2.24, 2.45) is 5.73 Å². The lowest BCUT2D eigenvalue weighted by Gasteiger charge is -2.26. The van der Waals surface area contributed by atoms with E-state index in [1.54, 1.807) is 13.3 Å². The van der Waals surface area contributed by atoms with Gasteiger partial charge in [-0.05, 0) is 25.5 Å². The third kappa shape index (κ3) is 3.70. The molecule has 0 bridgehead atoms. The maximum Gasteiger partial charge on any atom is 0.328 e. The number of aromatic nitrogens is 4. The van der Waals surface area contributed by atoms with Crippen molar-refractivity contribution in [2.45, 2.75) is 25.4 Å². The van der Waals surface area contributed by atoms with E-state index >= 15 is 0 Å². The third-order valence-electron chi connectivity index (χ3n) is 5.22. The quantitative estimate of drug-likeness (QED) is 0.518. The predicted octanol–water partition coefficient (Wildman–Crippen LogP) is 2.34. The number of carbonyl (C=O) groups is 1. The van der Waals surface area contributed by atoms with Crippen molar-refractivity contribution in [3.05, 3.63) is 39.8 Å². The van der Waals surface area contributed by atoms with Gasteiger partial charge in [-0.1, -0.05) is 27.5 Å². The van der Waals surface area contributed by atoms with Gasteiger partial charge in [0.2, 0.25) is 0 Å². The number of imidazole rings is 1. The van der Waals surface area contributed by atoms with Gasteiger partial charge >= 0.3 is 5.97 Å². The van der Waals surface area contributed by atoms with Crippen molar-refractivity contribution in [3.63, 3.8) is 0 Å². The number of carbonyl (C=O) groups excluding carboxylic acids is 1. The fourth-order valence-electron chi connectivity index (χ4n) is 3.69. The lowest BCUT2D eigenvalue weighted by molar-refractivity contribution is -0.148. The predicted molar refractivity (Wildman–Crippen MR) is 118 cm³/mol. The summed E-state index contributed by atoms with van der Waals surface area (Å²) >= 11 is 9.97. The minimum Gasteiger partial charge on any atom is -0.465 e. The van der Waals surface area contributed by atoms with Crippen molar-refractivity contribution in [1.29, 1.82) is 0 Å². The highest BCUT2D eigenvalue weighted by atomic mass is 79.9. The van der Waals surface area contributed by atoms with Crippen molar-refractivity contribution in [3.8, 4) is 0 Å². The van der Waals surface area contributed by atoms with E-state index in [1.807, 2.05) is 16.7 Å². The summed E-state index contributed by atoms with van der Waals surface area (Å²) in [4.78, 5) is 27.0. The molecule has 4 rings (SSSR count). The fraction of sp³-hybridized carbons (Fsp3) is 0.368. The summed E-state index contributed by atoms with van der Waals surface area (Å²) in [6.45, 7) is 3.48. The Morgan fingerprint density at radius 2 is 2.17 bits per heavy atom. The van der Waals surface area contributed by atoms with Crippen LogP contribution in [0.5, 0.6) is 0 Å². The molecule has 1 aliphatic heterocycles. The first-order valence-corrected chi connectivity index (χ1v) is 10.6. The highest BCUT2D eigenvalue weighted by Gasteiger charge is 2.43. The molecule has 1 atom stereocenters. The van der Waals surface area contributed by atoms with E-state index in [0.29, 0.717) is 54.7 Å². The first-order chi connectivity index (χ1) is 14.3. The topological polar surface area (TPSA) is 125 Å². The van der Waals surface area contributed by atoms with Gasteiger partial charge in [-0.3, -0.25) is 0 Å². The Kier molecular flexibility index (Phi) is 5.56. The molecule has 1 aromatic carbocycles. The Morgan fingerprint density at radius 3 is 2.93 bits per heavy atom. The van der Waals surface area contributed by atoms with E-state index in [4.69, 9.17) is 27.8 Å². The lowest BCUT2D eigenvalue weighted by Crippen LogP contribution is -2.51. The highest BCUT2D eigenvalue weighted by molar-refractivity contribution is 9.10. The van der Waals surface area contributed by atoms with Crippen LogP contribution in [0.2, 0.25) is 5.02 Å². The Bertz CT molecular complexity index is 1120. The van der Waals surface area contributed by atoms with Gasteiger partial charge in [0.1, 0.15) is 17.4 Å². The van der Waals surface area contributed by atoms with Gasteiger partial charge in [-0.2, -0.15) is 0 Å². The molecule has 158 valence electrons. The average Bonchev–Trinajstić information content (AvgIpc) is 3.30. The minimum atomic E-state index is -1.05. The summed E-state index contributed by atoms with van der Waals surface area (Å²) in [7, 11) is 0. The number of fused-ring (bicyclic) bond motifs is 1. The van der Waals surface area contributed by atoms with Crippen LogP contribution in [0, 0.1) is 0 Å². The molecule has 1 fully saturated rings. The van der Waals surface area contributed by atoms with Gasteiger partial charge < -0.3 is 25.7 Å². The molecule has 3 aromatic rings. The number of nitrogens with zero attached hydrogens (tertiary/aromatic N) is 5. The molecule has 30 heavy (non-hydrogen) atoms. The second-order valence-corrected chi connectivity index (χ2v) is 8.53. The number of ether oxygens (including phenoxy) is 1. The maximum absolute atomic E-state index is 12.3. The van der Waals surface area contributed by atoms with E-state index in [2.05, 4.69) is 35.8 Å². The molecule has 0 spiro atoms. The summed E-state index contributed by atoms with van der Waals surface area (Å²) in [5, 5.41) is 0.577. The molecule has 9 nitrogen and oxygen atoms in total. The van der Waals surface area contributed by atoms with Gasteiger partial charge in [-0.25, -0.2) is 19.7 Å². The summed E-state index contributed by atoms with van der Waals surface area (Å²) in [5.41, 5.74) is 14.2. The van der Waals surface area contributed by atoms with Gasteiger partial charge in [0.25, 0.3) is 0 Å². The fourth-order valence-corrected chi connectivity index (χ4v) is 4.61. The number of hydrogen-bond donors (Lipinski definition) is 2. The second kappa shape index (κ2) is 8.01. The minimum absolute atomic E-state index is 0.296. The van der Waals surface area contributed by atoms with Gasteiger partial charge in [-0.15, -0.1) is 0 Å². The SMILES string of the molecule is CCOC(=O)[C@@]1(N)CCN(c2cc(Cl)cc(Br)c2Cn2cnc3c(N)ncnc32)C1. The average molecular weight is 495 g/mol. The zero-order chi connectivity index (χ0) is 21.5. The Hall–Kier alpha value is -2.43. The molecule has 3 heterocycles. The van der Waals surface area contributed by atoms with E-state index in [1.165, 1.54) is 6.33 Å². The zero-order valence-corrected chi connectivity index (χ0v) is 18.7. The van der Waals surface area contributed by atoms with Crippen molar-refractivity contribution < 1.29 is 9.53 Å². The molecule has 1 saturated heterocycles. The van der Waals surface area contributed by atoms with Crippen LogP contribution in [-0.4, -0.2) is 50.7 Å². The Balaban J connectivity index is 1.70. The van der Waals surface area contributed by atoms with Crippen molar-refractivity contribution in [2.75, 3.05) is 30.3 Å². The number of hydrogen-bond acceptors (Lipinski definition) is 8. The number of anilines is 2. The van der Waals surface area contributed by atoms with E-state index < -0.39 is 5.54 Å². The molecule has 1 aliphatic rings. The molecular weight excluding hydrogens is 474 g/mol. The van der Waals surface area contributed by atoms with Gasteiger partial charge in [0.15, 0.2) is 11.5 Å². The van der Waals surface area contributed by atoms with Crippen LogP contribution in [0.4, 0.5) is 11.5 Å². The Labute approximate surface area is 186 Å². The van der Waals surface area contributed by atoms with Crippen LogP contribution in [0.15, 0.2) is 29.3 Å². The number of rotatable bonds is 5. The van der Waals surface area contributed by atoms with Gasteiger partial charge in [0, 0.05) is 33.8 Å². The highest BCUT2D eigenvalue weighted by Crippen LogP contribution is 2.36. The Morgan fingerprint density at radius 1 is 1.37 bits per heavy atom. The van der Waals surface area contributed by atoms with Crippen LogP contribution in [0.25, 0.3) is 11.2 Å². The number of benzene rings is 1. The monoisotopic (exact) mass is 493 g/mol. The largest absolute Gasteiger partial charge is 0.465 e. The molecule has 0 radical (unpaired) electrons. The molecule has 2 aromatic heterocycles. The van der Waals surface area contributed by atoms with Crippen LogP contribution in [-0.2, 0) is 16.1 Å². The molecule has 0 aliphatic carbocycles. The van der Waals surface area contributed by atoms with Gasteiger partial charge in [0.05, 0.1) is 19.5 Å². The van der Waals surface area contributed by atoms with Crippen molar-refractivity contribution in [1.82, 2.24) is 19.5 Å². The first kappa shape index (κ1) is 20.8. The molecule has 11 heteroatoms. The number of nitrogens with two attached hydrogens (primary N) is 2. The zero-order valence-electron chi connectivity index (χ0n) is 16.3. The molecule has 0 unspecified atom stereocenters. The van der Waals surface area contributed by atoms with E-state index in [0.717, 1.165) is 15.7 Å². The van der Waals surface area contributed by atoms with E-state index in [-0.39, 0.29) is 5.97 Å². The number of esters is 1. The molecule has 0 amide bonds. The van der Waals surface area contributed by atoms with Crippen molar-refractivity contribution >= 4 is 56.2 Å². The summed E-state index contributed by atoms with van der Waals surface area (Å²) in [6, 6.07) is 3.71. The smallest absolute Gasteiger partial charge is 0.328 e. The molecular formula is C19H21BrClN7O2. The third-order valence-corrected chi connectivity index (χ3v) is 6.14. The van der Waals surface area contributed by atoms with E-state index in [9.17, 15) is 4.79 Å². The first-order valence-electron chi connectivity index (χ1n) is 9.42. The van der Waals surface area contributed by atoms with Crippen LogP contribution in [0.1, 0.15) is 18.9 Å². The second-order valence-electron chi connectivity index (χ2n) is 7.24. The molecule has 4 N–H and O–H groups in total. The maximum atomic E-state index is 12.3. The summed E-state index contributed by atoms with van der Waals surface area (Å²) in [6.07, 6.45) is 3.58. The molecule has 0 saturated carbocycles. The standard InChI is InChI=1S/C19H21BrClN7O2/c1-2-30-18(29)19(23)3-4-27(8-19)14-6-11(21)5-13(20)12(14)7-28-10-26-15-16(22)24-9-25-17(15)28/h5-6,9-10H,2-4,7-8,23H2,1H3,(H2,22,24,25)/t19-/m1/s1. The number of nitrogen functional groups attached to an aromatic ring is 1. The number of halogens is 2. The summed E-state index contributed by atoms with van der Waals surface area (Å²) < 4.78 is 7.89. The normalized spacial score (nSPS) is 18.9. The van der Waals surface area contributed by atoms with Crippen LogP contribution >= 0.6 is 27.5 Å². The summed E-state index contributed by atoms with van der Waals surface area (Å²) in [5.74, 6) is -0.0565. The van der Waals surface area contributed by atoms with Crippen LogP contribution in [0.3, 0.4) is 0 Å².